The lowest BCUT2D eigenvalue weighted by molar-refractivity contribution is -0.130. The molecule has 1 amide bonds. The Hall–Kier alpha value is -2.31. The Morgan fingerprint density at radius 3 is 3.14 bits per heavy atom. The number of piperidine rings is 1. The Labute approximate surface area is 122 Å². The van der Waals surface area contributed by atoms with Crippen LogP contribution in [0.3, 0.4) is 0 Å². The third kappa shape index (κ3) is 3.24. The fourth-order valence-electron chi connectivity index (χ4n) is 2.62. The fraction of sp³-hybridized carbons (Fsp3) is 0.500. The van der Waals surface area contributed by atoms with E-state index in [0.717, 1.165) is 25.9 Å². The number of rotatable bonds is 3. The van der Waals surface area contributed by atoms with Crippen LogP contribution in [0, 0.1) is 5.92 Å². The van der Waals surface area contributed by atoms with Crippen LogP contribution >= 0.6 is 0 Å². The van der Waals surface area contributed by atoms with Crippen LogP contribution in [0.25, 0.3) is 11.5 Å². The predicted molar refractivity (Wildman–Crippen MR) is 74.0 cm³/mol. The Bertz CT molecular complexity index is 613. The fourth-order valence-corrected chi connectivity index (χ4v) is 2.62. The van der Waals surface area contributed by atoms with Crippen LogP contribution in [0.1, 0.15) is 25.7 Å². The number of nitrogens with zero attached hydrogens (tertiary/aromatic N) is 5. The Kier molecular flexibility index (Phi) is 3.89. The number of carbonyl (C=O) groups is 1. The van der Waals surface area contributed by atoms with Gasteiger partial charge in [0.2, 0.25) is 17.6 Å². The number of amides is 1. The number of hydrogen-bond acceptors (Lipinski definition) is 6. The number of hydrogen-bond donors (Lipinski definition) is 0. The summed E-state index contributed by atoms with van der Waals surface area (Å²) in [5, 5.41) is 3.94. The highest BCUT2D eigenvalue weighted by Gasteiger charge is 2.23. The molecule has 1 atom stereocenters. The minimum atomic E-state index is 0.130. The van der Waals surface area contributed by atoms with E-state index in [4.69, 9.17) is 4.52 Å². The van der Waals surface area contributed by atoms with E-state index >= 15 is 0 Å². The number of carbonyl (C=O) groups excluding carboxylic acids is 1. The van der Waals surface area contributed by atoms with Gasteiger partial charge in [-0.25, -0.2) is 4.98 Å². The predicted octanol–water partition coefficient (Wildman–Crippen LogP) is 1.33. The van der Waals surface area contributed by atoms with E-state index in [2.05, 4.69) is 20.1 Å². The zero-order valence-electron chi connectivity index (χ0n) is 11.9. The van der Waals surface area contributed by atoms with Gasteiger partial charge in [0, 0.05) is 38.8 Å². The monoisotopic (exact) mass is 287 g/mol. The highest BCUT2D eigenvalue weighted by Crippen LogP contribution is 2.21. The molecule has 110 valence electrons. The molecule has 0 aromatic carbocycles. The molecular weight excluding hydrogens is 270 g/mol. The van der Waals surface area contributed by atoms with Gasteiger partial charge in [0.1, 0.15) is 5.69 Å². The van der Waals surface area contributed by atoms with Gasteiger partial charge >= 0.3 is 0 Å². The lowest BCUT2D eigenvalue weighted by Crippen LogP contribution is -2.39. The van der Waals surface area contributed by atoms with Gasteiger partial charge in [0.25, 0.3) is 0 Å². The number of likely N-dealkylation sites (tertiary alicyclic amines) is 1. The van der Waals surface area contributed by atoms with Crippen LogP contribution in [-0.2, 0) is 11.2 Å². The average Bonchev–Trinajstić information content (AvgIpc) is 2.97. The minimum Gasteiger partial charge on any atom is -0.343 e. The molecule has 3 heterocycles. The molecule has 1 fully saturated rings. The lowest BCUT2D eigenvalue weighted by Gasteiger charge is -2.31. The highest BCUT2D eigenvalue weighted by atomic mass is 16.5. The molecule has 1 saturated heterocycles. The van der Waals surface area contributed by atoms with Gasteiger partial charge in [-0.3, -0.25) is 9.78 Å². The molecule has 7 nitrogen and oxygen atoms in total. The van der Waals surface area contributed by atoms with Gasteiger partial charge in [-0.15, -0.1) is 0 Å². The van der Waals surface area contributed by atoms with Crippen molar-refractivity contribution >= 4 is 5.91 Å². The number of aromatic nitrogens is 4. The van der Waals surface area contributed by atoms with Crippen LogP contribution in [0.15, 0.2) is 23.1 Å². The molecule has 21 heavy (non-hydrogen) atoms. The van der Waals surface area contributed by atoms with Crippen molar-refractivity contribution in [2.75, 3.05) is 13.1 Å². The standard InChI is InChI=1S/C14H17N5O2/c1-10(20)19-6-2-3-11(9-19)7-13-17-14(18-21-13)12-8-15-4-5-16-12/h4-5,8,11H,2-3,6-7,9H2,1H3. The molecule has 0 spiro atoms. The molecular formula is C14H17N5O2. The average molecular weight is 287 g/mol. The van der Waals surface area contributed by atoms with Crippen molar-refractivity contribution in [3.05, 3.63) is 24.5 Å². The van der Waals surface area contributed by atoms with Crippen molar-refractivity contribution in [2.45, 2.75) is 26.2 Å². The molecule has 0 bridgehead atoms. The smallest absolute Gasteiger partial charge is 0.227 e. The summed E-state index contributed by atoms with van der Waals surface area (Å²) in [6, 6.07) is 0. The maximum Gasteiger partial charge on any atom is 0.227 e. The second-order valence-electron chi connectivity index (χ2n) is 5.28. The maximum atomic E-state index is 11.4. The molecule has 1 aliphatic rings. The molecule has 2 aromatic heterocycles. The van der Waals surface area contributed by atoms with Crippen LogP contribution in [0.5, 0.6) is 0 Å². The Balaban J connectivity index is 1.66. The van der Waals surface area contributed by atoms with Crippen molar-refractivity contribution in [3.8, 4) is 11.5 Å². The second kappa shape index (κ2) is 5.99. The van der Waals surface area contributed by atoms with Crippen molar-refractivity contribution in [2.24, 2.45) is 5.92 Å². The Morgan fingerprint density at radius 2 is 2.38 bits per heavy atom. The van der Waals surface area contributed by atoms with E-state index in [1.807, 2.05) is 4.90 Å². The molecule has 2 aromatic rings. The summed E-state index contributed by atoms with van der Waals surface area (Å²) >= 11 is 0. The molecule has 0 radical (unpaired) electrons. The molecule has 0 saturated carbocycles. The van der Waals surface area contributed by atoms with E-state index in [1.165, 1.54) is 0 Å². The zero-order valence-corrected chi connectivity index (χ0v) is 11.9. The van der Waals surface area contributed by atoms with E-state index in [1.54, 1.807) is 25.5 Å². The highest BCUT2D eigenvalue weighted by molar-refractivity contribution is 5.73. The maximum absolute atomic E-state index is 11.4. The van der Waals surface area contributed by atoms with Crippen LogP contribution in [-0.4, -0.2) is 44.0 Å². The third-order valence-electron chi connectivity index (χ3n) is 3.69. The first kappa shape index (κ1) is 13.7. The van der Waals surface area contributed by atoms with Gasteiger partial charge in [-0.2, -0.15) is 4.98 Å². The van der Waals surface area contributed by atoms with Crippen LogP contribution < -0.4 is 0 Å². The van der Waals surface area contributed by atoms with Gasteiger partial charge in [0.15, 0.2) is 0 Å². The van der Waals surface area contributed by atoms with Crippen molar-refractivity contribution < 1.29 is 9.32 Å². The lowest BCUT2D eigenvalue weighted by atomic mass is 9.95. The van der Waals surface area contributed by atoms with Crippen molar-refractivity contribution in [1.82, 2.24) is 25.0 Å². The molecule has 0 aliphatic carbocycles. The van der Waals surface area contributed by atoms with E-state index in [0.29, 0.717) is 29.7 Å². The topological polar surface area (TPSA) is 85.0 Å². The SMILES string of the molecule is CC(=O)N1CCCC(Cc2nc(-c3cnccn3)no2)C1. The van der Waals surface area contributed by atoms with Crippen LogP contribution in [0.4, 0.5) is 0 Å². The van der Waals surface area contributed by atoms with Crippen LogP contribution in [0.2, 0.25) is 0 Å². The minimum absolute atomic E-state index is 0.130. The summed E-state index contributed by atoms with van der Waals surface area (Å²) in [6.45, 7) is 3.22. The van der Waals surface area contributed by atoms with Crippen molar-refractivity contribution in [3.63, 3.8) is 0 Å². The summed E-state index contributed by atoms with van der Waals surface area (Å²) in [5.41, 5.74) is 0.599. The summed E-state index contributed by atoms with van der Waals surface area (Å²) in [7, 11) is 0. The van der Waals surface area contributed by atoms with E-state index < -0.39 is 0 Å². The normalized spacial score (nSPS) is 18.7. The molecule has 7 heteroatoms. The van der Waals surface area contributed by atoms with Gasteiger partial charge in [0.05, 0.1) is 6.20 Å². The quantitative estimate of drug-likeness (QED) is 0.846. The third-order valence-corrected chi connectivity index (χ3v) is 3.69. The van der Waals surface area contributed by atoms with E-state index in [9.17, 15) is 4.79 Å². The molecule has 1 unspecified atom stereocenters. The summed E-state index contributed by atoms with van der Waals surface area (Å²) in [6.07, 6.45) is 7.59. The molecule has 0 N–H and O–H groups in total. The van der Waals surface area contributed by atoms with Gasteiger partial charge in [-0.1, -0.05) is 5.16 Å². The summed E-state index contributed by atoms with van der Waals surface area (Å²) in [4.78, 5) is 25.8. The molecule has 3 rings (SSSR count). The van der Waals surface area contributed by atoms with Gasteiger partial charge in [-0.05, 0) is 18.8 Å². The van der Waals surface area contributed by atoms with E-state index in [-0.39, 0.29) is 5.91 Å². The second-order valence-corrected chi connectivity index (χ2v) is 5.28. The van der Waals surface area contributed by atoms with Crippen molar-refractivity contribution in [1.29, 1.82) is 0 Å². The first-order valence-electron chi connectivity index (χ1n) is 7.07. The largest absolute Gasteiger partial charge is 0.343 e. The Morgan fingerprint density at radius 1 is 1.48 bits per heavy atom. The van der Waals surface area contributed by atoms with Gasteiger partial charge < -0.3 is 9.42 Å². The zero-order chi connectivity index (χ0) is 14.7. The first-order valence-corrected chi connectivity index (χ1v) is 7.07. The summed E-state index contributed by atoms with van der Waals surface area (Å²) < 4.78 is 5.29. The summed E-state index contributed by atoms with van der Waals surface area (Å²) in [5.74, 6) is 1.55. The first-order chi connectivity index (χ1) is 10.2. The molecule has 1 aliphatic heterocycles.